The summed E-state index contributed by atoms with van der Waals surface area (Å²) in [7, 11) is -1.62. The van der Waals surface area contributed by atoms with Crippen LogP contribution in [0.3, 0.4) is 0 Å². The van der Waals surface area contributed by atoms with Gasteiger partial charge in [-0.05, 0) is 38.5 Å². The summed E-state index contributed by atoms with van der Waals surface area (Å²) >= 11 is 0. The van der Waals surface area contributed by atoms with E-state index >= 15 is 0 Å². The zero-order valence-electron chi connectivity index (χ0n) is 20.7. The minimum atomic E-state index is -1.62. The van der Waals surface area contributed by atoms with Crippen LogP contribution in [0.15, 0.2) is 0 Å². The average Bonchev–Trinajstić information content (AvgIpc) is 2.75. The molecule has 182 valence electrons. The summed E-state index contributed by atoms with van der Waals surface area (Å²) in [6.07, 6.45) is 9.59. The molecule has 0 rings (SSSR count). The monoisotopic (exact) mass is 464 g/mol. The Balaban J connectivity index is 0. The number of unbranched alkanes of at least 4 members (excludes halogenated alkanes) is 3. The summed E-state index contributed by atoms with van der Waals surface area (Å²) in [5, 5.41) is 0. The van der Waals surface area contributed by atoms with Gasteiger partial charge < -0.3 is 14.0 Å². The van der Waals surface area contributed by atoms with Crippen molar-refractivity contribution in [1.29, 1.82) is 0 Å². The van der Waals surface area contributed by atoms with E-state index in [-0.39, 0.29) is 47.3 Å². The van der Waals surface area contributed by atoms with Crippen LogP contribution in [-0.2, 0) is 28.3 Å². The van der Waals surface area contributed by atoms with Gasteiger partial charge in [0.1, 0.15) is 0 Å². The third-order valence-corrected chi connectivity index (χ3v) is 5.83. The fourth-order valence-electron chi connectivity index (χ4n) is 3.46. The number of carbonyl (C=O) groups is 3. The second kappa shape index (κ2) is 21.0. The molecule has 0 fully saturated rings. The Morgan fingerprint density at radius 3 is 1.00 bits per heavy atom. The van der Waals surface area contributed by atoms with Crippen molar-refractivity contribution in [1.82, 2.24) is 0 Å². The molecule has 0 amide bonds. The zero-order valence-corrected chi connectivity index (χ0v) is 20.7. The van der Waals surface area contributed by atoms with E-state index in [1.807, 2.05) is 20.8 Å². The van der Waals surface area contributed by atoms with Crippen LogP contribution in [0.4, 0.5) is 0 Å². The molecule has 0 aromatic heterocycles. The van der Waals surface area contributed by atoms with Crippen molar-refractivity contribution in [2.75, 3.05) is 0 Å². The molecular weight excluding hydrogens is 418 g/mol. The Labute approximate surface area is 218 Å². The maximum absolute atomic E-state index is 12.7. The van der Waals surface area contributed by atoms with Crippen molar-refractivity contribution in [3.05, 3.63) is 0 Å². The van der Waals surface area contributed by atoms with Crippen LogP contribution in [0.5, 0.6) is 0 Å². The van der Waals surface area contributed by atoms with Gasteiger partial charge in [-0.3, -0.25) is 14.4 Å². The molecule has 0 N–H and O–H groups in total. The summed E-state index contributed by atoms with van der Waals surface area (Å²) in [5.74, 6) is -2.35. The minimum absolute atomic E-state index is 0. The van der Waals surface area contributed by atoms with Crippen LogP contribution < -0.4 is 0 Å². The Bertz CT molecular complexity index is 445. The molecule has 8 heteroatoms. The van der Waals surface area contributed by atoms with Crippen molar-refractivity contribution in [2.45, 2.75) is 119 Å². The summed E-state index contributed by atoms with van der Waals surface area (Å²) in [4.78, 5) is 38.0. The first-order valence-electron chi connectivity index (χ1n) is 12.5. The Kier molecular flexibility index (Phi) is 22.1. The fraction of sp³-hybridized carbons (Fsp3) is 0.875. The molecule has 0 aromatic rings. The molecule has 0 aromatic carbocycles. The van der Waals surface area contributed by atoms with Crippen LogP contribution in [0, 0.1) is 17.8 Å². The fourth-order valence-corrected chi connectivity index (χ4v) is 3.46. The molecule has 0 aliphatic carbocycles. The van der Waals surface area contributed by atoms with Crippen molar-refractivity contribution < 1.29 is 28.3 Å². The summed E-state index contributed by atoms with van der Waals surface area (Å²) in [6, 6.07) is 0. The van der Waals surface area contributed by atoms with E-state index in [2.05, 4.69) is 20.8 Å². The second-order valence-electron chi connectivity index (χ2n) is 8.34. The Morgan fingerprint density at radius 2 is 0.812 bits per heavy atom. The van der Waals surface area contributed by atoms with Gasteiger partial charge in [0.2, 0.25) is 0 Å². The molecule has 32 heavy (non-hydrogen) atoms. The van der Waals surface area contributed by atoms with Crippen molar-refractivity contribution in [2.24, 2.45) is 17.8 Å². The maximum atomic E-state index is 12.7. The predicted molar refractivity (Wildman–Crippen MR) is 131 cm³/mol. The van der Waals surface area contributed by atoms with Gasteiger partial charge in [-0.2, -0.15) is 0 Å². The number of hydrogen-bond acceptors (Lipinski definition) is 6. The van der Waals surface area contributed by atoms with E-state index in [0.717, 1.165) is 38.5 Å². The van der Waals surface area contributed by atoms with Gasteiger partial charge in [0.15, 0.2) is 0 Å². The quantitative estimate of drug-likeness (QED) is 0.246. The predicted octanol–water partition coefficient (Wildman–Crippen LogP) is 5.60. The van der Waals surface area contributed by atoms with E-state index in [4.69, 9.17) is 14.0 Å². The van der Waals surface area contributed by atoms with Crippen LogP contribution in [-0.4, -0.2) is 54.8 Å². The molecule has 6 nitrogen and oxygen atoms in total. The molecule has 0 heterocycles. The number of carbonyl (C=O) groups excluding carboxylic acids is 3. The normalized spacial score (nSPS) is 13.3. The van der Waals surface area contributed by atoms with E-state index in [9.17, 15) is 14.4 Å². The van der Waals surface area contributed by atoms with E-state index in [1.165, 1.54) is 0 Å². The van der Waals surface area contributed by atoms with Crippen molar-refractivity contribution >= 4 is 54.8 Å². The molecule has 0 aliphatic heterocycles. The SMILES string of the molecule is CCCCC(CC)C(=O)OB(OC(=O)C(CC)CCCC)OC(=O)C(CC)CCCC.[NaH]. The van der Waals surface area contributed by atoms with E-state index < -0.39 is 25.2 Å². The molecule has 0 saturated carbocycles. The summed E-state index contributed by atoms with van der Waals surface area (Å²) < 4.78 is 16.2. The molecule has 3 atom stereocenters. The zero-order chi connectivity index (χ0) is 23.6. The van der Waals surface area contributed by atoms with Gasteiger partial charge in [0.05, 0.1) is 17.8 Å². The molecule has 0 saturated heterocycles. The molecule has 3 unspecified atom stereocenters. The first kappa shape index (κ1) is 33.6. The number of rotatable bonds is 18. The molecule has 0 radical (unpaired) electrons. The van der Waals surface area contributed by atoms with Gasteiger partial charge in [0, 0.05) is 0 Å². The third-order valence-electron chi connectivity index (χ3n) is 5.83. The molecule has 0 aliphatic rings. The summed E-state index contributed by atoms with van der Waals surface area (Å²) in [5.41, 5.74) is 0. The Hall–Kier alpha value is -0.525. The van der Waals surface area contributed by atoms with Crippen LogP contribution >= 0.6 is 0 Å². The van der Waals surface area contributed by atoms with E-state index in [1.54, 1.807) is 0 Å². The van der Waals surface area contributed by atoms with E-state index in [0.29, 0.717) is 38.5 Å². The van der Waals surface area contributed by atoms with Crippen molar-refractivity contribution in [3.63, 3.8) is 0 Å². The Morgan fingerprint density at radius 1 is 0.562 bits per heavy atom. The number of hydrogen-bond donors (Lipinski definition) is 0. The van der Waals surface area contributed by atoms with Crippen LogP contribution in [0.1, 0.15) is 119 Å². The van der Waals surface area contributed by atoms with Crippen LogP contribution in [0.25, 0.3) is 0 Å². The van der Waals surface area contributed by atoms with Gasteiger partial charge in [-0.15, -0.1) is 0 Å². The van der Waals surface area contributed by atoms with Gasteiger partial charge in [0.25, 0.3) is 17.9 Å². The van der Waals surface area contributed by atoms with Gasteiger partial charge in [-0.25, -0.2) is 0 Å². The second-order valence-corrected chi connectivity index (χ2v) is 8.34. The topological polar surface area (TPSA) is 78.9 Å². The summed E-state index contributed by atoms with van der Waals surface area (Å²) in [6.45, 7) is 11.9. The van der Waals surface area contributed by atoms with Gasteiger partial charge >= 0.3 is 36.9 Å². The molecule has 0 spiro atoms. The first-order valence-corrected chi connectivity index (χ1v) is 12.5. The van der Waals surface area contributed by atoms with Crippen molar-refractivity contribution in [3.8, 4) is 0 Å². The van der Waals surface area contributed by atoms with Gasteiger partial charge in [-0.1, -0.05) is 80.1 Å². The first-order chi connectivity index (χ1) is 14.9. The molecule has 0 bridgehead atoms. The average molecular weight is 464 g/mol. The molecular formula is C24H46BNaO6. The standard InChI is InChI=1S/C24H45BO6.Na.H/c1-7-13-16-19(10-4)22(26)29-25(30-23(27)20(11-5)17-14-8-2)31-24(28)21(12-6)18-15-9-3;;/h19-21H,7-18H2,1-6H3;;. The van der Waals surface area contributed by atoms with Crippen LogP contribution in [0.2, 0.25) is 0 Å². The third kappa shape index (κ3) is 13.9.